The third-order valence-electron chi connectivity index (χ3n) is 3.65. The normalized spacial score (nSPS) is 11.6. The van der Waals surface area contributed by atoms with Crippen molar-refractivity contribution in [1.29, 1.82) is 0 Å². The number of aromatic nitrogens is 1. The van der Waals surface area contributed by atoms with E-state index in [9.17, 15) is 9.90 Å². The summed E-state index contributed by atoms with van der Waals surface area (Å²) in [5.41, 5.74) is 4.06. The van der Waals surface area contributed by atoms with Crippen LogP contribution in [0.1, 0.15) is 60.8 Å². The molecule has 1 aromatic heterocycles. The molecule has 1 heterocycles. The van der Waals surface area contributed by atoms with Crippen molar-refractivity contribution in [2.75, 3.05) is 0 Å². The molecule has 0 saturated carbocycles. The molecule has 3 heteroatoms. The molecule has 0 radical (unpaired) electrons. The number of hydrogen-bond donors (Lipinski definition) is 1. The zero-order chi connectivity index (χ0) is 15.7. The summed E-state index contributed by atoms with van der Waals surface area (Å²) in [6, 6.07) is 5.83. The van der Waals surface area contributed by atoms with Crippen LogP contribution in [0.4, 0.5) is 0 Å². The first-order chi connectivity index (χ1) is 9.81. The van der Waals surface area contributed by atoms with Crippen molar-refractivity contribution >= 4 is 16.9 Å². The lowest BCUT2D eigenvalue weighted by atomic mass is 9.89. The Morgan fingerprint density at radius 1 is 1.24 bits per heavy atom. The maximum absolute atomic E-state index is 11.9. The summed E-state index contributed by atoms with van der Waals surface area (Å²) in [4.78, 5) is 16.6. The van der Waals surface area contributed by atoms with Gasteiger partial charge < -0.3 is 5.11 Å². The topological polar surface area (TPSA) is 50.2 Å². The van der Waals surface area contributed by atoms with Gasteiger partial charge in [-0.2, -0.15) is 0 Å². The molecule has 1 aromatic carbocycles. The maximum atomic E-state index is 11.9. The van der Waals surface area contributed by atoms with E-state index in [0.717, 1.165) is 34.1 Å². The lowest BCUT2D eigenvalue weighted by molar-refractivity contribution is 0.0697. The molecule has 0 aliphatic carbocycles. The van der Waals surface area contributed by atoms with Gasteiger partial charge in [-0.1, -0.05) is 39.3 Å². The first-order valence-electron chi connectivity index (χ1n) is 7.47. The zero-order valence-corrected chi connectivity index (χ0v) is 13.4. The van der Waals surface area contributed by atoms with E-state index in [1.807, 2.05) is 39.0 Å². The van der Waals surface area contributed by atoms with E-state index in [1.54, 1.807) is 0 Å². The lowest BCUT2D eigenvalue weighted by Gasteiger charge is -2.19. The number of rotatable bonds is 4. The minimum Gasteiger partial charge on any atom is -0.478 e. The molecule has 0 saturated heterocycles. The van der Waals surface area contributed by atoms with Gasteiger partial charge in [-0.25, -0.2) is 4.79 Å². The van der Waals surface area contributed by atoms with E-state index in [4.69, 9.17) is 4.98 Å². The Labute approximate surface area is 126 Å². The summed E-state index contributed by atoms with van der Waals surface area (Å²) in [5, 5.41) is 10.5. The van der Waals surface area contributed by atoms with Gasteiger partial charge in [0.1, 0.15) is 0 Å². The quantitative estimate of drug-likeness (QED) is 0.895. The van der Waals surface area contributed by atoms with Crippen LogP contribution in [0, 0.1) is 12.8 Å². The van der Waals surface area contributed by atoms with Crippen molar-refractivity contribution in [2.45, 2.75) is 47.0 Å². The maximum Gasteiger partial charge on any atom is 0.336 e. The van der Waals surface area contributed by atoms with Crippen molar-refractivity contribution < 1.29 is 9.90 Å². The van der Waals surface area contributed by atoms with Crippen LogP contribution >= 0.6 is 0 Å². The Morgan fingerprint density at radius 2 is 1.90 bits per heavy atom. The SMILES string of the molecule is Cc1ccc2nc(CC(C)C)c(C(C)C)c(C(=O)O)c2c1. The van der Waals surface area contributed by atoms with Crippen LogP contribution in [0.2, 0.25) is 0 Å². The minimum absolute atomic E-state index is 0.141. The Balaban J connectivity index is 2.88. The van der Waals surface area contributed by atoms with Gasteiger partial charge in [0, 0.05) is 11.1 Å². The van der Waals surface area contributed by atoms with Gasteiger partial charge in [0.2, 0.25) is 0 Å². The molecule has 1 N–H and O–H groups in total. The monoisotopic (exact) mass is 285 g/mol. The molecular formula is C18H23NO2. The van der Waals surface area contributed by atoms with Crippen LogP contribution in [0.25, 0.3) is 10.9 Å². The largest absolute Gasteiger partial charge is 0.478 e. The fourth-order valence-corrected chi connectivity index (χ4v) is 2.84. The molecule has 3 nitrogen and oxygen atoms in total. The lowest BCUT2D eigenvalue weighted by Crippen LogP contribution is -2.12. The Kier molecular flexibility index (Phi) is 4.31. The smallest absolute Gasteiger partial charge is 0.336 e. The van der Waals surface area contributed by atoms with Crippen molar-refractivity contribution in [3.05, 3.63) is 40.6 Å². The molecule has 0 fully saturated rings. The third kappa shape index (κ3) is 3.07. The summed E-state index contributed by atoms with van der Waals surface area (Å²) in [6.07, 6.45) is 0.803. The fourth-order valence-electron chi connectivity index (χ4n) is 2.84. The number of aryl methyl sites for hydroxylation is 1. The second-order valence-electron chi connectivity index (χ2n) is 6.43. The standard InChI is InChI=1S/C18H23NO2/c1-10(2)8-15-16(11(3)4)17(18(20)21)13-9-12(5)6-7-14(13)19-15/h6-7,9-11H,8H2,1-5H3,(H,20,21). The van der Waals surface area contributed by atoms with E-state index in [1.165, 1.54) is 0 Å². The average Bonchev–Trinajstić information content (AvgIpc) is 2.36. The number of carboxylic acid groups (broad SMARTS) is 1. The van der Waals surface area contributed by atoms with Crippen LogP contribution in [0.5, 0.6) is 0 Å². The van der Waals surface area contributed by atoms with Gasteiger partial charge >= 0.3 is 5.97 Å². The molecule has 0 unspecified atom stereocenters. The number of benzene rings is 1. The molecule has 112 valence electrons. The molecule has 21 heavy (non-hydrogen) atoms. The van der Waals surface area contributed by atoms with E-state index >= 15 is 0 Å². The molecule has 0 atom stereocenters. The predicted octanol–water partition coefficient (Wildman–Crippen LogP) is 4.56. The summed E-state index contributed by atoms with van der Waals surface area (Å²) in [7, 11) is 0. The Morgan fingerprint density at radius 3 is 2.43 bits per heavy atom. The Hall–Kier alpha value is -1.90. The highest BCUT2D eigenvalue weighted by Gasteiger charge is 2.22. The van der Waals surface area contributed by atoms with Gasteiger partial charge in [-0.05, 0) is 42.9 Å². The van der Waals surface area contributed by atoms with Crippen LogP contribution in [0.15, 0.2) is 18.2 Å². The van der Waals surface area contributed by atoms with Gasteiger partial charge in [-0.3, -0.25) is 4.98 Å². The second kappa shape index (κ2) is 5.84. The van der Waals surface area contributed by atoms with Crippen LogP contribution in [0.3, 0.4) is 0 Å². The van der Waals surface area contributed by atoms with E-state index in [2.05, 4.69) is 13.8 Å². The second-order valence-corrected chi connectivity index (χ2v) is 6.43. The molecule has 0 bridgehead atoms. The highest BCUT2D eigenvalue weighted by atomic mass is 16.4. The Bertz CT molecular complexity index is 687. The van der Waals surface area contributed by atoms with Crippen LogP contribution in [-0.4, -0.2) is 16.1 Å². The zero-order valence-electron chi connectivity index (χ0n) is 13.4. The molecule has 0 spiro atoms. The first-order valence-corrected chi connectivity index (χ1v) is 7.47. The van der Waals surface area contributed by atoms with Gasteiger partial charge in [0.05, 0.1) is 11.1 Å². The summed E-state index contributed by atoms with van der Waals surface area (Å²) >= 11 is 0. The number of pyridine rings is 1. The van der Waals surface area contributed by atoms with Gasteiger partial charge in [0.25, 0.3) is 0 Å². The highest BCUT2D eigenvalue weighted by Crippen LogP contribution is 2.31. The number of nitrogens with zero attached hydrogens (tertiary/aromatic N) is 1. The number of fused-ring (bicyclic) bond motifs is 1. The number of aromatic carboxylic acids is 1. The average molecular weight is 285 g/mol. The number of hydrogen-bond acceptors (Lipinski definition) is 2. The summed E-state index contributed by atoms with van der Waals surface area (Å²) in [6.45, 7) is 10.3. The summed E-state index contributed by atoms with van der Waals surface area (Å²) in [5.74, 6) is -0.275. The molecule has 0 aliphatic heterocycles. The van der Waals surface area contributed by atoms with Crippen molar-refractivity contribution in [2.24, 2.45) is 5.92 Å². The van der Waals surface area contributed by atoms with Crippen molar-refractivity contribution in [1.82, 2.24) is 4.98 Å². The first kappa shape index (κ1) is 15.5. The van der Waals surface area contributed by atoms with Crippen LogP contribution in [-0.2, 0) is 6.42 Å². The number of carbonyl (C=O) groups is 1. The van der Waals surface area contributed by atoms with Gasteiger partial charge in [0.15, 0.2) is 0 Å². The minimum atomic E-state index is -0.860. The molecule has 2 rings (SSSR count). The van der Waals surface area contributed by atoms with E-state index in [-0.39, 0.29) is 5.92 Å². The van der Waals surface area contributed by atoms with Gasteiger partial charge in [-0.15, -0.1) is 0 Å². The van der Waals surface area contributed by atoms with Crippen LogP contribution < -0.4 is 0 Å². The molecule has 0 aliphatic rings. The van der Waals surface area contributed by atoms with E-state index < -0.39 is 5.97 Å². The summed E-state index contributed by atoms with van der Waals surface area (Å²) < 4.78 is 0. The third-order valence-corrected chi connectivity index (χ3v) is 3.65. The number of carboxylic acids is 1. The van der Waals surface area contributed by atoms with Crippen molar-refractivity contribution in [3.63, 3.8) is 0 Å². The molecular weight excluding hydrogens is 262 g/mol. The molecule has 2 aromatic rings. The fraction of sp³-hybridized carbons (Fsp3) is 0.444. The van der Waals surface area contributed by atoms with E-state index in [0.29, 0.717) is 11.5 Å². The van der Waals surface area contributed by atoms with Crippen molar-refractivity contribution in [3.8, 4) is 0 Å². The highest BCUT2D eigenvalue weighted by molar-refractivity contribution is 6.04. The molecule has 0 amide bonds. The predicted molar refractivity (Wildman–Crippen MR) is 86.1 cm³/mol.